The van der Waals surface area contributed by atoms with E-state index in [4.69, 9.17) is 0 Å². The van der Waals surface area contributed by atoms with E-state index < -0.39 is 10.7 Å². The highest BCUT2D eigenvalue weighted by atomic mass is 32.2. The van der Waals surface area contributed by atoms with E-state index in [2.05, 4.69) is 24.4 Å². The highest BCUT2D eigenvalue weighted by Crippen LogP contribution is 2.36. The Bertz CT molecular complexity index is 989. The molecule has 0 aromatic heterocycles. The third-order valence-corrected chi connectivity index (χ3v) is 7.24. The van der Waals surface area contributed by atoms with Gasteiger partial charge in [-0.2, -0.15) is 0 Å². The molecule has 2 N–H and O–H groups in total. The first kappa shape index (κ1) is 25.0. The Morgan fingerprint density at radius 2 is 1.76 bits per heavy atom. The fourth-order valence-corrected chi connectivity index (χ4v) is 5.02. The number of thioether (sulfide) groups is 1. The molecule has 0 radical (unpaired) electrons. The quantitative estimate of drug-likeness (QED) is 0.474. The lowest BCUT2D eigenvalue weighted by Crippen LogP contribution is -2.44. The number of hydrogen-bond donors (Lipinski definition) is 2. The number of anilines is 2. The minimum Gasteiger partial charge on any atom is -0.480 e. The normalized spacial score (nSPS) is 15.1. The fraction of sp³-hybridized carbons (Fsp3) is 0.462. The monoisotopic (exact) mass is 469 g/mol. The van der Waals surface area contributed by atoms with Gasteiger partial charge in [0.2, 0.25) is 0 Å². The predicted molar refractivity (Wildman–Crippen MR) is 137 cm³/mol. The van der Waals surface area contributed by atoms with Crippen LogP contribution < -0.4 is 10.2 Å². The van der Waals surface area contributed by atoms with Crippen molar-refractivity contribution >= 4 is 35.1 Å². The number of carbonyl (C=O) groups is 2. The lowest BCUT2D eigenvalue weighted by Gasteiger charge is -2.29. The van der Waals surface area contributed by atoms with E-state index >= 15 is 0 Å². The maximum absolute atomic E-state index is 13.2. The number of unbranched alkanes of at least 4 members (excludes halogenated alkanes) is 1. The summed E-state index contributed by atoms with van der Waals surface area (Å²) >= 11 is 1.36. The van der Waals surface area contributed by atoms with Crippen molar-refractivity contribution in [2.45, 2.75) is 62.1 Å². The van der Waals surface area contributed by atoms with Crippen LogP contribution in [0, 0.1) is 0 Å². The molecule has 0 spiro atoms. The zero-order valence-corrected chi connectivity index (χ0v) is 21.0. The van der Waals surface area contributed by atoms with E-state index in [-0.39, 0.29) is 12.1 Å². The number of benzene rings is 2. The van der Waals surface area contributed by atoms with Crippen LogP contribution in [0.4, 0.5) is 16.2 Å². The smallest absolute Gasteiger partial charge is 0.322 e. The average molecular weight is 470 g/mol. The summed E-state index contributed by atoms with van der Waals surface area (Å²) in [4.78, 5) is 29.7. The summed E-state index contributed by atoms with van der Waals surface area (Å²) in [6.45, 7) is 6.29. The van der Waals surface area contributed by atoms with Crippen LogP contribution in [-0.2, 0) is 17.6 Å². The lowest BCUT2D eigenvalue weighted by molar-refractivity contribution is -0.138. The summed E-state index contributed by atoms with van der Waals surface area (Å²) in [7, 11) is 3.98. The van der Waals surface area contributed by atoms with Crippen LogP contribution in [0.15, 0.2) is 47.4 Å². The molecule has 2 amide bonds. The van der Waals surface area contributed by atoms with Gasteiger partial charge in [0.05, 0.1) is 0 Å². The van der Waals surface area contributed by atoms with Gasteiger partial charge in [-0.3, -0.25) is 4.79 Å². The molecule has 2 aromatic rings. The Kier molecular flexibility index (Phi) is 7.95. The summed E-state index contributed by atoms with van der Waals surface area (Å²) in [6, 6.07) is 14.1. The maximum Gasteiger partial charge on any atom is 0.322 e. The van der Waals surface area contributed by atoms with Crippen LogP contribution in [-0.4, -0.2) is 53.4 Å². The van der Waals surface area contributed by atoms with Crippen LogP contribution in [0.5, 0.6) is 0 Å². The largest absolute Gasteiger partial charge is 0.480 e. The van der Waals surface area contributed by atoms with E-state index in [1.807, 2.05) is 54.2 Å². The molecular weight excluding hydrogens is 434 g/mol. The molecule has 33 heavy (non-hydrogen) atoms. The second-order valence-electron chi connectivity index (χ2n) is 9.33. The van der Waals surface area contributed by atoms with Gasteiger partial charge in [0.1, 0.15) is 4.75 Å². The Morgan fingerprint density at radius 1 is 1.09 bits per heavy atom. The zero-order chi connectivity index (χ0) is 24.2. The summed E-state index contributed by atoms with van der Waals surface area (Å²) in [5.41, 5.74) is 4.32. The van der Waals surface area contributed by atoms with E-state index in [9.17, 15) is 14.7 Å². The number of rotatable bonds is 9. The minimum atomic E-state index is -0.887. The van der Waals surface area contributed by atoms with Gasteiger partial charge < -0.3 is 20.2 Å². The fourth-order valence-electron chi connectivity index (χ4n) is 4.01. The molecular formula is C26H35N3O3S. The first-order chi connectivity index (χ1) is 15.6. The molecule has 178 valence electrons. The van der Waals surface area contributed by atoms with Crippen molar-refractivity contribution in [1.29, 1.82) is 0 Å². The molecule has 0 bridgehead atoms. The van der Waals surface area contributed by atoms with Gasteiger partial charge in [-0.05, 0) is 80.6 Å². The topological polar surface area (TPSA) is 72.9 Å². The van der Waals surface area contributed by atoms with Crippen molar-refractivity contribution in [2.24, 2.45) is 0 Å². The highest BCUT2D eigenvalue weighted by molar-refractivity contribution is 8.01. The number of urea groups is 1. The number of hydrogen-bond acceptors (Lipinski definition) is 4. The highest BCUT2D eigenvalue weighted by Gasteiger charge is 2.32. The molecule has 1 atom stereocenters. The van der Waals surface area contributed by atoms with E-state index in [1.54, 1.807) is 13.8 Å². The van der Waals surface area contributed by atoms with Crippen molar-refractivity contribution in [1.82, 2.24) is 4.90 Å². The average Bonchev–Trinajstić information content (AvgIpc) is 3.17. The molecule has 0 saturated carbocycles. The summed E-state index contributed by atoms with van der Waals surface area (Å²) in [5.74, 6) is -0.827. The van der Waals surface area contributed by atoms with E-state index in [1.165, 1.54) is 22.9 Å². The zero-order valence-electron chi connectivity index (χ0n) is 20.2. The number of carbonyl (C=O) groups excluding carboxylic acids is 1. The van der Waals surface area contributed by atoms with Crippen molar-refractivity contribution in [2.75, 3.05) is 30.9 Å². The van der Waals surface area contributed by atoms with Gasteiger partial charge in [-0.25, -0.2) is 4.79 Å². The first-order valence-corrected chi connectivity index (χ1v) is 12.3. The molecule has 3 rings (SSSR count). The standard InChI is InChI=1S/C26H35N3O3S/c1-6-7-14-29(25(32)27-20-9-11-21(12-10-20)28(4)5)22-15-18-8-13-23(17-19(18)16-22)33-26(2,3)24(30)31/h8-13,17,22H,6-7,14-16H2,1-5H3,(H,27,32)(H,30,31). The number of nitrogens with one attached hydrogen (secondary N) is 1. The molecule has 1 aliphatic rings. The van der Waals surface area contributed by atoms with E-state index in [0.29, 0.717) is 6.54 Å². The van der Waals surface area contributed by atoms with Crippen LogP contribution >= 0.6 is 11.8 Å². The Morgan fingerprint density at radius 3 is 2.36 bits per heavy atom. The van der Waals surface area contributed by atoms with E-state index in [0.717, 1.165) is 42.0 Å². The first-order valence-electron chi connectivity index (χ1n) is 11.5. The number of amides is 2. The Hall–Kier alpha value is -2.67. The molecule has 0 heterocycles. The SMILES string of the molecule is CCCCN(C(=O)Nc1ccc(N(C)C)cc1)C1Cc2ccc(SC(C)(C)C(=O)O)cc2C1. The van der Waals surface area contributed by atoms with Crippen LogP contribution in [0.2, 0.25) is 0 Å². The molecule has 0 saturated heterocycles. The van der Waals surface area contributed by atoms with Crippen molar-refractivity contribution in [3.8, 4) is 0 Å². The molecule has 0 fully saturated rings. The van der Waals surface area contributed by atoms with Gasteiger partial charge in [0, 0.05) is 43.0 Å². The number of aliphatic carboxylic acids is 1. The third kappa shape index (κ3) is 6.22. The number of fused-ring (bicyclic) bond motifs is 1. The number of nitrogens with zero attached hydrogens (tertiary/aromatic N) is 2. The summed E-state index contributed by atoms with van der Waals surface area (Å²) in [5, 5.41) is 12.5. The Labute approximate surface area is 201 Å². The van der Waals surface area contributed by atoms with Crippen LogP contribution in [0.3, 0.4) is 0 Å². The summed E-state index contributed by atoms with van der Waals surface area (Å²) in [6.07, 6.45) is 3.58. The Balaban J connectivity index is 1.72. The van der Waals surface area contributed by atoms with Gasteiger partial charge in [0.25, 0.3) is 0 Å². The maximum atomic E-state index is 13.2. The molecule has 2 aromatic carbocycles. The third-order valence-electron chi connectivity index (χ3n) is 6.07. The van der Waals surface area contributed by atoms with Gasteiger partial charge in [0.15, 0.2) is 0 Å². The number of carboxylic acid groups (broad SMARTS) is 1. The molecule has 1 aliphatic carbocycles. The van der Waals surface area contributed by atoms with Crippen LogP contribution in [0.25, 0.3) is 0 Å². The van der Waals surface area contributed by atoms with Gasteiger partial charge in [-0.1, -0.05) is 19.4 Å². The summed E-state index contributed by atoms with van der Waals surface area (Å²) < 4.78 is -0.887. The molecule has 0 aliphatic heterocycles. The second kappa shape index (κ2) is 10.5. The van der Waals surface area contributed by atoms with Crippen molar-refractivity contribution < 1.29 is 14.7 Å². The lowest BCUT2D eigenvalue weighted by atomic mass is 10.1. The van der Waals surface area contributed by atoms with Crippen molar-refractivity contribution in [3.63, 3.8) is 0 Å². The van der Waals surface area contributed by atoms with Crippen molar-refractivity contribution in [3.05, 3.63) is 53.6 Å². The van der Waals surface area contributed by atoms with Gasteiger partial charge >= 0.3 is 12.0 Å². The molecule has 7 heteroatoms. The predicted octanol–water partition coefficient (Wildman–Crippen LogP) is 5.51. The molecule has 1 unspecified atom stereocenters. The number of carboxylic acids is 1. The van der Waals surface area contributed by atoms with Gasteiger partial charge in [-0.15, -0.1) is 11.8 Å². The molecule has 6 nitrogen and oxygen atoms in total. The minimum absolute atomic E-state index is 0.0690. The van der Waals surface area contributed by atoms with Crippen LogP contribution in [0.1, 0.15) is 44.7 Å². The second-order valence-corrected chi connectivity index (χ2v) is 11.0.